The molecule has 2 atom stereocenters. The molecule has 2 aliphatic rings. The van der Waals surface area contributed by atoms with Gasteiger partial charge in [-0.15, -0.1) is 23.1 Å². The van der Waals surface area contributed by atoms with Gasteiger partial charge in [0, 0.05) is 42.0 Å². The molecule has 3 aromatic carbocycles. The van der Waals surface area contributed by atoms with Crippen LogP contribution >= 0.6 is 23.1 Å². The SMILES string of the molecule is CO[C@@]1(NC(=O)C(=NOC(c2ccccc2)(c2ccccc2)c2ccccc2)c2cccs2)C(=O)N2C(C(=O)OC(C)(C)C)=C(COC(C)=O)CS[C@@H]21. The third kappa shape index (κ3) is 7.37. The van der Waals surface area contributed by atoms with Crippen LogP contribution in [0.15, 0.2) is 125 Å². The molecule has 0 saturated carbocycles. The highest BCUT2D eigenvalue weighted by Gasteiger charge is 2.67. The van der Waals surface area contributed by atoms with Crippen LogP contribution < -0.4 is 5.32 Å². The minimum absolute atomic E-state index is 0.0503. The minimum Gasteiger partial charge on any atom is -0.461 e. The summed E-state index contributed by atoms with van der Waals surface area (Å²) in [6, 6.07) is 32.3. The highest BCUT2D eigenvalue weighted by atomic mass is 32.2. The van der Waals surface area contributed by atoms with Gasteiger partial charge in [-0.1, -0.05) is 102 Å². The summed E-state index contributed by atoms with van der Waals surface area (Å²) in [7, 11) is 1.31. The number of carbonyl (C=O) groups is 4. The molecule has 2 aliphatic heterocycles. The van der Waals surface area contributed by atoms with E-state index < -0.39 is 46.1 Å². The number of thioether (sulfide) groups is 1. The third-order valence-corrected chi connectivity index (χ3v) is 10.8. The Bertz CT molecular complexity index is 1930. The number of thiophene rings is 1. The lowest BCUT2D eigenvalue weighted by Crippen LogP contribution is -2.81. The van der Waals surface area contributed by atoms with E-state index in [0.717, 1.165) is 16.7 Å². The van der Waals surface area contributed by atoms with E-state index in [1.165, 1.54) is 42.0 Å². The molecule has 11 nitrogen and oxygen atoms in total. The summed E-state index contributed by atoms with van der Waals surface area (Å²) >= 11 is 2.52. The average molecular weight is 754 g/mol. The van der Waals surface area contributed by atoms with Crippen molar-refractivity contribution in [2.45, 2.75) is 50.0 Å². The predicted octanol–water partition coefficient (Wildman–Crippen LogP) is 5.99. The van der Waals surface area contributed by atoms with E-state index in [1.54, 1.807) is 38.3 Å². The van der Waals surface area contributed by atoms with Crippen LogP contribution in [-0.4, -0.2) is 70.5 Å². The van der Waals surface area contributed by atoms with E-state index in [1.807, 2.05) is 91.0 Å². The number of methoxy groups -OCH3 is 1. The number of nitrogens with one attached hydrogen (secondary N) is 1. The van der Waals surface area contributed by atoms with Crippen LogP contribution in [0.5, 0.6) is 0 Å². The topological polar surface area (TPSA) is 133 Å². The van der Waals surface area contributed by atoms with Crippen molar-refractivity contribution < 1.29 is 38.2 Å². The molecule has 0 spiro atoms. The van der Waals surface area contributed by atoms with Crippen LogP contribution in [0.4, 0.5) is 0 Å². The number of fused-ring (bicyclic) bond motifs is 1. The first kappa shape index (κ1) is 37.5. The second-order valence-corrected chi connectivity index (χ2v) is 15.3. The van der Waals surface area contributed by atoms with Gasteiger partial charge < -0.3 is 24.4 Å². The van der Waals surface area contributed by atoms with Crippen molar-refractivity contribution in [1.82, 2.24) is 10.2 Å². The summed E-state index contributed by atoms with van der Waals surface area (Å²) in [5.41, 5.74) is -1.46. The van der Waals surface area contributed by atoms with Gasteiger partial charge in [0.1, 0.15) is 23.3 Å². The second kappa shape index (κ2) is 15.4. The van der Waals surface area contributed by atoms with Gasteiger partial charge in [-0.25, -0.2) is 4.79 Å². The van der Waals surface area contributed by atoms with Gasteiger partial charge >= 0.3 is 11.9 Å². The van der Waals surface area contributed by atoms with Crippen LogP contribution in [-0.2, 0) is 43.8 Å². The number of amides is 2. The fraction of sp³-hybridized carbons (Fsp3) is 0.275. The van der Waals surface area contributed by atoms with Gasteiger partial charge in [0.05, 0.1) is 4.88 Å². The summed E-state index contributed by atoms with van der Waals surface area (Å²) in [6.45, 7) is 6.17. The van der Waals surface area contributed by atoms with Crippen LogP contribution in [0.2, 0.25) is 0 Å². The zero-order valence-electron chi connectivity index (χ0n) is 29.9. The maximum Gasteiger partial charge on any atom is 0.355 e. The molecule has 1 aromatic heterocycles. The Hall–Kier alpha value is -5.24. The molecule has 0 unspecified atom stereocenters. The van der Waals surface area contributed by atoms with Gasteiger partial charge in [0.15, 0.2) is 5.71 Å². The number of rotatable bonds is 12. The zero-order chi connectivity index (χ0) is 37.8. The maximum atomic E-state index is 14.5. The Kier molecular flexibility index (Phi) is 10.9. The van der Waals surface area contributed by atoms with Crippen LogP contribution in [0.3, 0.4) is 0 Å². The van der Waals surface area contributed by atoms with E-state index in [9.17, 15) is 19.2 Å². The molecule has 1 N–H and O–H groups in total. The first-order chi connectivity index (χ1) is 25.4. The molecule has 0 bridgehead atoms. The Morgan fingerprint density at radius 1 is 0.887 bits per heavy atom. The smallest absolute Gasteiger partial charge is 0.355 e. The fourth-order valence-corrected chi connectivity index (χ4v) is 8.31. The number of nitrogens with zero attached hydrogens (tertiary/aromatic N) is 2. The van der Waals surface area contributed by atoms with E-state index in [0.29, 0.717) is 10.5 Å². The molecule has 3 heterocycles. The quantitative estimate of drug-likeness (QED) is 0.0463. The fourth-order valence-electron chi connectivity index (χ4n) is 6.19. The Labute approximate surface area is 315 Å². The normalized spacial score (nSPS) is 18.8. The minimum atomic E-state index is -1.88. The number of hydrogen-bond donors (Lipinski definition) is 1. The molecule has 0 radical (unpaired) electrons. The Morgan fingerprint density at radius 3 is 1.92 bits per heavy atom. The molecule has 0 aliphatic carbocycles. The Balaban J connectivity index is 1.39. The van der Waals surface area contributed by atoms with Gasteiger partial charge in [-0.3, -0.25) is 19.3 Å². The number of ether oxygens (including phenoxy) is 3. The van der Waals surface area contributed by atoms with Crippen molar-refractivity contribution in [2.24, 2.45) is 5.16 Å². The molecule has 1 saturated heterocycles. The Morgan fingerprint density at radius 2 is 1.45 bits per heavy atom. The summed E-state index contributed by atoms with van der Waals surface area (Å²) in [5, 5.41) is 8.35. The number of carbonyl (C=O) groups excluding carboxylic acids is 4. The molecule has 274 valence electrons. The van der Waals surface area contributed by atoms with Crippen LogP contribution in [0, 0.1) is 0 Å². The number of hydrogen-bond acceptors (Lipinski definition) is 11. The molecule has 13 heteroatoms. The van der Waals surface area contributed by atoms with Gasteiger partial charge in [-0.2, -0.15) is 0 Å². The number of oxime groups is 1. The largest absolute Gasteiger partial charge is 0.461 e. The molecule has 6 rings (SSSR count). The number of benzene rings is 3. The number of β-lactam (4-membered cyclic amide) rings is 1. The van der Waals surface area contributed by atoms with E-state index in [-0.39, 0.29) is 23.8 Å². The van der Waals surface area contributed by atoms with Crippen molar-refractivity contribution in [1.29, 1.82) is 0 Å². The standard InChI is InChI=1S/C40H39N3O8S2/c1-26(44)49-24-27-25-53-37-40(48-5,36(47)43(37)33(27)35(46)50-38(2,3)4)41-34(45)32(31-22-15-23-52-31)42-51-39(28-16-9-6-10-17-28,29-18-11-7-12-19-29)30-20-13-8-14-21-30/h6-23,37H,24-25H2,1-5H3,(H,41,45)/t37-,40+/m1/s1. The van der Waals surface area contributed by atoms with E-state index in [4.69, 9.17) is 19.0 Å². The van der Waals surface area contributed by atoms with Crippen molar-refractivity contribution >= 4 is 52.6 Å². The predicted molar refractivity (Wildman–Crippen MR) is 202 cm³/mol. The molecule has 4 aromatic rings. The lowest BCUT2D eigenvalue weighted by Gasteiger charge is -2.56. The molecule has 1 fully saturated rings. The molecular weight excluding hydrogens is 715 g/mol. The van der Waals surface area contributed by atoms with Gasteiger partial charge in [0.2, 0.25) is 5.60 Å². The summed E-state index contributed by atoms with van der Waals surface area (Å²) in [4.78, 5) is 62.2. The van der Waals surface area contributed by atoms with Crippen LogP contribution in [0.25, 0.3) is 0 Å². The van der Waals surface area contributed by atoms with Crippen LogP contribution in [0.1, 0.15) is 49.3 Å². The summed E-state index contributed by atoms with van der Waals surface area (Å²) in [6.07, 6.45) is 0. The highest BCUT2D eigenvalue weighted by Crippen LogP contribution is 2.47. The van der Waals surface area contributed by atoms with E-state index in [2.05, 4.69) is 10.5 Å². The van der Waals surface area contributed by atoms with Crippen molar-refractivity contribution in [3.63, 3.8) is 0 Å². The van der Waals surface area contributed by atoms with Crippen molar-refractivity contribution in [2.75, 3.05) is 19.5 Å². The lowest BCUT2D eigenvalue weighted by atomic mass is 9.80. The molecular formula is C40H39N3O8S2. The second-order valence-electron chi connectivity index (χ2n) is 13.3. The number of esters is 2. The first-order valence-corrected chi connectivity index (χ1v) is 18.7. The molecule has 2 amide bonds. The summed E-state index contributed by atoms with van der Waals surface area (Å²) < 4.78 is 16.7. The lowest BCUT2D eigenvalue weighted by molar-refractivity contribution is -0.193. The van der Waals surface area contributed by atoms with Gasteiger partial charge in [0.25, 0.3) is 17.5 Å². The molecule has 53 heavy (non-hydrogen) atoms. The maximum absolute atomic E-state index is 14.5. The monoisotopic (exact) mass is 753 g/mol. The average Bonchev–Trinajstić information content (AvgIpc) is 3.69. The van der Waals surface area contributed by atoms with Crippen molar-refractivity contribution in [3.05, 3.63) is 141 Å². The first-order valence-electron chi connectivity index (χ1n) is 16.8. The zero-order valence-corrected chi connectivity index (χ0v) is 31.5. The van der Waals surface area contributed by atoms with E-state index >= 15 is 0 Å². The van der Waals surface area contributed by atoms with Gasteiger partial charge in [-0.05, 0) is 32.2 Å². The highest BCUT2D eigenvalue weighted by molar-refractivity contribution is 8.00. The van der Waals surface area contributed by atoms with Crippen molar-refractivity contribution in [3.8, 4) is 0 Å². The summed E-state index contributed by atoms with van der Waals surface area (Å²) in [5.74, 6) is -2.55. The third-order valence-electron chi connectivity index (χ3n) is 8.56.